The van der Waals surface area contributed by atoms with Gasteiger partial charge in [0.15, 0.2) is 5.96 Å². The summed E-state index contributed by atoms with van der Waals surface area (Å²) in [5.41, 5.74) is 0.902. The van der Waals surface area contributed by atoms with Gasteiger partial charge in [-0.05, 0) is 31.0 Å². The molecule has 1 rings (SSSR count). The zero-order valence-electron chi connectivity index (χ0n) is 12.9. The molecule has 0 amide bonds. The molecule has 1 aromatic carbocycles. The van der Waals surface area contributed by atoms with Gasteiger partial charge in [0.05, 0.1) is 5.75 Å². The molecule has 124 valence electrons. The van der Waals surface area contributed by atoms with Gasteiger partial charge in [-0.3, -0.25) is 4.99 Å². The largest absolute Gasteiger partial charge is 0.356 e. The molecule has 1 aromatic rings. The Morgan fingerprint density at radius 1 is 1.23 bits per heavy atom. The minimum atomic E-state index is -3.17. The van der Waals surface area contributed by atoms with Gasteiger partial charge in [-0.25, -0.2) is 17.5 Å². The molecule has 0 spiro atoms. The number of halogens is 1. The van der Waals surface area contributed by atoms with Crippen LogP contribution in [0.1, 0.15) is 12.5 Å². The molecule has 0 saturated carbocycles. The first kappa shape index (κ1) is 18.4. The Balaban J connectivity index is 2.25. The van der Waals surface area contributed by atoms with Gasteiger partial charge in [-0.2, -0.15) is 0 Å². The highest BCUT2D eigenvalue weighted by Gasteiger charge is 2.05. The maximum Gasteiger partial charge on any atom is 0.211 e. The van der Waals surface area contributed by atoms with Crippen LogP contribution in [-0.4, -0.2) is 46.8 Å². The van der Waals surface area contributed by atoms with Crippen molar-refractivity contribution in [3.8, 4) is 0 Å². The lowest BCUT2D eigenvalue weighted by Gasteiger charge is -2.12. The lowest BCUT2D eigenvalue weighted by molar-refractivity contribution is 0.581. The fourth-order valence-electron chi connectivity index (χ4n) is 1.73. The summed E-state index contributed by atoms with van der Waals surface area (Å²) in [7, 11) is -1.53. The van der Waals surface area contributed by atoms with E-state index in [1.54, 1.807) is 20.0 Å². The van der Waals surface area contributed by atoms with Crippen molar-refractivity contribution in [3.05, 3.63) is 35.6 Å². The van der Waals surface area contributed by atoms with Crippen molar-refractivity contribution in [2.45, 2.75) is 13.3 Å². The summed E-state index contributed by atoms with van der Waals surface area (Å²) in [6, 6.07) is 6.45. The quantitative estimate of drug-likeness (QED) is 0.368. The third kappa shape index (κ3) is 7.37. The van der Waals surface area contributed by atoms with Crippen molar-refractivity contribution in [2.24, 2.45) is 4.99 Å². The van der Waals surface area contributed by atoms with Gasteiger partial charge in [0, 0.05) is 26.7 Å². The van der Waals surface area contributed by atoms with Crippen molar-refractivity contribution >= 4 is 16.0 Å². The molecule has 6 nitrogen and oxygen atoms in total. The Hall–Kier alpha value is -1.67. The zero-order valence-corrected chi connectivity index (χ0v) is 13.7. The van der Waals surface area contributed by atoms with Crippen LogP contribution >= 0.6 is 0 Å². The second kappa shape index (κ2) is 9.37. The summed E-state index contributed by atoms with van der Waals surface area (Å²) in [6.07, 6.45) is 0.668. The summed E-state index contributed by atoms with van der Waals surface area (Å²) in [5, 5.41) is 6.09. The standard InChI is InChI=1S/C14H23FN4O2S/c1-3-22(20,21)19-10-9-18-14(16-2)17-8-7-12-5-4-6-13(15)11-12/h4-6,11,19H,3,7-10H2,1-2H3,(H2,16,17,18). The van der Waals surface area contributed by atoms with Crippen LogP contribution in [0.25, 0.3) is 0 Å². The molecule has 3 N–H and O–H groups in total. The fourth-order valence-corrected chi connectivity index (χ4v) is 2.35. The van der Waals surface area contributed by atoms with E-state index in [2.05, 4.69) is 20.3 Å². The molecule has 22 heavy (non-hydrogen) atoms. The van der Waals surface area contributed by atoms with Crippen LogP contribution in [0.4, 0.5) is 4.39 Å². The number of hydrogen-bond donors (Lipinski definition) is 3. The van der Waals surface area contributed by atoms with Crippen molar-refractivity contribution in [1.82, 2.24) is 15.4 Å². The molecule has 0 aliphatic rings. The fraction of sp³-hybridized carbons (Fsp3) is 0.500. The second-order valence-corrected chi connectivity index (χ2v) is 6.70. The Labute approximate surface area is 131 Å². The van der Waals surface area contributed by atoms with E-state index >= 15 is 0 Å². The predicted molar refractivity (Wildman–Crippen MR) is 86.9 cm³/mol. The Morgan fingerprint density at radius 2 is 1.95 bits per heavy atom. The molecule has 8 heteroatoms. The van der Waals surface area contributed by atoms with E-state index in [9.17, 15) is 12.8 Å². The second-order valence-electron chi connectivity index (χ2n) is 4.60. The van der Waals surface area contributed by atoms with Crippen molar-refractivity contribution in [1.29, 1.82) is 0 Å². The minimum absolute atomic E-state index is 0.0631. The van der Waals surface area contributed by atoms with E-state index in [1.807, 2.05) is 6.07 Å². The molecule has 0 bridgehead atoms. The number of rotatable bonds is 8. The topological polar surface area (TPSA) is 82.6 Å². The maximum absolute atomic E-state index is 13.0. The molecule has 0 radical (unpaired) electrons. The molecule has 0 aliphatic heterocycles. The Kier molecular flexibility index (Phi) is 7.83. The lowest BCUT2D eigenvalue weighted by atomic mass is 10.1. The summed E-state index contributed by atoms with van der Waals surface area (Å²) in [5.74, 6) is 0.392. The molecule has 0 saturated heterocycles. The van der Waals surface area contributed by atoms with Gasteiger partial charge in [0.1, 0.15) is 5.82 Å². The van der Waals surface area contributed by atoms with E-state index in [0.29, 0.717) is 32.0 Å². The van der Waals surface area contributed by atoms with Gasteiger partial charge in [-0.15, -0.1) is 0 Å². The van der Waals surface area contributed by atoms with E-state index in [0.717, 1.165) is 5.56 Å². The average molecular weight is 330 g/mol. The normalized spacial score (nSPS) is 12.2. The van der Waals surface area contributed by atoms with E-state index in [1.165, 1.54) is 12.1 Å². The molecule has 0 unspecified atom stereocenters. The molecule has 0 aromatic heterocycles. The molecule has 0 aliphatic carbocycles. The average Bonchev–Trinajstić information content (AvgIpc) is 2.49. The van der Waals surface area contributed by atoms with Crippen molar-refractivity contribution < 1.29 is 12.8 Å². The minimum Gasteiger partial charge on any atom is -0.356 e. The number of guanidine groups is 1. The van der Waals surface area contributed by atoms with Gasteiger partial charge in [0.2, 0.25) is 10.0 Å². The first-order valence-corrected chi connectivity index (χ1v) is 8.78. The predicted octanol–water partition coefficient (Wildman–Crippen LogP) is 0.473. The SMILES string of the molecule is CCS(=O)(=O)NCCNC(=NC)NCCc1cccc(F)c1. The first-order valence-electron chi connectivity index (χ1n) is 7.13. The third-order valence-electron chi connectivity index (χ3n) is 2.94. The van der Waals surface area contributed by atoms with Crippen LogP contribution in [0.3, 0.4) is 0 Å². The van der Waals surface area contributed by atoms with Crippen LogP contribution in [0, 0.1) is 5.82 Å². The molecule has 0 fully saturated rings. The van der Waals surface area contributed by atoms with E-state index < -0.39 is 10.0 Å². The highest BCUT2D eigenvalue weighted by atomic mass is 32.2. The highest BCUT2D eigenvalue weighted by molar-refractivity contribution is 7.89. The van der Waals surface area contributed by atoms with E-state index in [4.69, 9.17) is 0 Å². The zero-order chi connectivity index (χ0) is 16.4. The number of nitrogens with one attached hydrogen (secondary N) is 3. The smallest absolute Gasteiger partial charge is 0.211 e. The van der Waals surface area contributed by atoms with Crippen LogP contribution in [0.2, 0.25) is 0 Å². The van der Waals surface area contributed by atoms with Gasteiger partial charge >= 0.3 is 0 Å². The monoisotopic (exact) mass is 330 g/mol. The number of benzene rings is 1. The number of nitrogens with zero attached hydrogens (tertiary/aromatic N) is 1. The number of hydrogen-bond acceptors (Lipinski definition) is 3. The highest BCUT2D eigenvalue weighted by Crippen LogP contribution is 2.03. The van der Waals surface area contributed by atoms with Crippen LogP contribution in [0.5, 0.6) is 0 Å². The number of aliphatic imine (C=N–C) groups is 1. The molecular weight excluding hydrogens is 307 g/mol. The van der Waals surface area contributed by atoms with Crippen LogP contribution in [-0.2, 0) is 16.4 Å². The van der Waals surface area contributed by atoms with Gasteiger partial charge in [-0.1, -0.05) is 12.1 Å². The molecular formula is C14H23FN4O2S. The summed E-state index contributed by atoms with van der Waals surface area (Å²) >= 11 is 0. The Bertz CT molecular complexity index is 590. The molecule has 0 heterocycles. The van der Waals surface area contributed by atoms with Crippen LogP contribution in [0.15, 0.2) is 29.3 Å². The first-order chi connectivity index (χ1) is 10.5. The maximum atomic E-state index is 13.0. The summed E-state index contributed by atoms with van der Waals surface area (Å²) in [4.78, 5) is 4.03. The van der Waals surface area contributed by atoms with Gasteiger partial charge < -0.3 is 10.6 Å². The third-order valence-corrected chi connectivity index (χ3v) is 4.34. The lowest BCUT2D eigenvalue weighted by Crippen LogP contribution is -2.42. The van der Waals surface area contributed by atoms with Crippen LogP contribution < -0.4 is 15.4 Å². The van der Waals surface area contributed by atoms with Crippen molar-refractivity contribution in [3.63, 3.8) is 0 Å². The molecule has 0 atom stereocenters. The van der Waals surface area contributed by atoms with E-state index in [-0.39, 0.29) is 11.6 Å². The number of sulfonamides is 1. The summed E-state index contributed by atoms with van der Waals surface area (Å²) < 4.78 is 38.0. The van der Waals surface area contributed by atoms with Crippen molar-refractivity contribution in [2.75, 3.05) is 32.4 Å². The van der Waals surface area contributed by atoms with Gasteiger partial charge in [0.25, 0.3) is 0 Å². The summed E-state index contributed by atoms with van der Waals surface area (Å²) in [6.45, 7) is 2.91. The Morgan fingerprint density at radius 3 is 2.59 bits per heavy atom.